The molecule has 1 heterocycles. The fraction of sp³-hybridized carbons (Fsp3) is 0.538. The monoisotopic (exact) mass is 313 g/mol. The van der Waals surface area contributed by atoms with Gasteiger partial charge in [0, 0.05) is 18.4 Å². The van der Waals surface area contributed by atoms with E-state index in [1.54, 1.807) is 27.7 Å². The Kier molecular flexibility index (Phi) is 5.42. The average Bonchev–Trinajstić information content (AvgIpc) is 2.68. The largest absolute Gasteiger partial charge is 0.478 e. The van der Waals surface area contributed by atoms with Crippen LogP contribution in [0.3, 0.4) is 0 Å². The van der Waals surface area contributed by atoms with Crippen LogP contribution in [0.5, 0.6) is 0 Å². The molecule has 0 unspecified atom stereocenters. The molecule has 0 aliphatic carbocycles. The lowest BCUT2D eigenvalue weighted by molar-refractivity contribution is -0.128. The number of anilines is 1. The van der Waals surface area contributed by atoms with Crippen LogP contribution in [0.2, 0.25) is 0 Å². The van der Waals surface area contributed by atoms with Crippen molar-refractivity contribution in [2.75, 3.05) is 11.9 Å². The second-order valence-corrected chi connectivity index (χ2v) is 6.35. The van der Waals surface area contributed by atoms with Crippen molar-refractivity contribution in [3.63, 3.8) is 0 Å². The first-order chi connectivity index (χ1) is 9.62. The van der Waals surface area contributed by atoms with Crippen LogP contribution in [-0.2, 0) is 9.59 Å². The Bertz CT molecular complexity index is 560. The highest BCUT2D eigenvalue weighted by Gasteiger charge is 2.21. The van der Waals surface area contributed by atoms with E-state index in [0.29, 0.717) is 5.69 Å². The van der Waals surface area contributed by atoms with E-state index in [9.17, 15) is 14.4 Å². The number of hydrogen-bond donors (Lipinski definition) is 3. The van der Waals surface area contributed by atoms with Crippen LogP contribution in [0, 0.1) is 12.3 Å². The molecule has 1 aromatic heterocycles. The van der Waals surface area contributed by atoms with Crippen LogP contribution in [-0.4, -0.2) is 33.8 Å². The van der Waals surface area contributed by atoms with Gasteiger partial charge in [-0.15, -0.1) is 0 Å². The van der Waals surface area contributed by atoms with Gasteiger partial charge in [-0.1, -0.05) is 20.8 Å². The van der Waals surface area contributed by atoms with E-state index < -0.39 is 11.4 Å². The maximum absolute atomic E-state index is 11.8. The van der Waals surface area contributed by atoms with Gasteiger partial charge < -0.3 is 15.7 Å². The topological polar surface area (TPSA) is 108 Å². The highest BCUT2D eigenvalue weighted by Crippen LogP contribution is 2.24. The Morgan fingerprint density at radius 1 is 1.29 bits per heavy atom. The summed E-state index contributed by atoms with van der Waals surface area (Å²) in [5.41, 5.74) is -0.141. The van der Waals surface area contributed by atoms with Crippen LogP contribution in [0.15, 0.2) is 0 Å². The Morgan fingerprint density at radius 2 is 1.90 bits per heavy atom. The number of hydrogen-bond acceptors (Lipinski definition) is 5. The number of amides is 2. The smallest absolute Gasteiger partial charge is 0.340 e. The fourth-order valence-electron chi connectivity index (χ4n) is 1.45. The summed E-state index contributed by atoms with van der Waals surface area (Å²) >= 11 is 0.927. The first-order valence-electron chi connectivity index (χ1n) is 6.40. The lowest BCUT2D eigenvalue weighted by atomic mass is 9.96. The van der Waals surface area contributed by atoms with Crippen LogP contribution in [0.4, 0.5) is 5.00 Å². The van der Waals surface area contributed by atoms with Gasteiger partial charge in [0.15, 0.2) is 0 Å². The minimum absolute atomic E-state index is 0.00655. The number of nitrogens with one attached hydrogen (secondary N) is 2. The predicted molar refractivity (Wildman–Crippen MR) is 79.5 cm³/mol. The molecule has 3 N–H and O–H groups in total. The zero-order chi connectivity index (χ0) is 16.2. The van der Waals surface area contributed by atoms with Gasteiger partial charge in [-0.2, -0.15) is 4.37 Å². The summed E-state index contributed by atoms with van der Waals surface area (Å²) in [6.07, 6.45) is 0.0673. The minimum atomic E-state index is -1.13. The van der Waals surface area contributed by atoms with Crippen molar-refractivity contribution in [3.8, 4) is 0 Å². The van der Waals surface area contributed by atoms with Crippen LogP contribution in [0.25, 0.3) is 0 Å². The number of carboxylic acids is 1. The van der Waals surface area contributed by atoms with Gasteiger partial charge >= 0.3 is 5.97 Å². The van der Waals surface area contributed by atoms with Crippen LogP contribution >= 0.6 is 11.5 Å². The van der Waals surface area contributed by atoms with Crippen molar-refractivity contribution in [3.05, 3.63) is 11.3 Å². The standard InChI is InChI=1S/C13H19N3O4S/c1-7-9(11(18)19)10(21-16-7)15-8(17)5-6-14-12(20)13(2,3)4/h5-6H2,1-4H3,(H,14,20)(H,15,17)(H,18,19). The molecule has 7 nitrogen and oxygen atoms in total. The Hall–Kier alpha value is -1.96. The number of carboxylic acid groups (broad SMARTS) is 1. The number of aromatic carboxylic acids is 1. The molecule has 0 bridgehead atoms. The molecule has 1 rings (SSSR count). The second-order valence-electron chi connectivity index (χ2n) is 5.58. The first-order valence-corrected chi connectivity index (χ1v) is 7.18. The predicted octanol–water partition coefficient (Wildman–Crippen LogP) is 1.64. The van der Waals surface area contributed by atoms with Gasteiger partial charge in [-0.25, -0.2) is 4.79 Å². The molecule has 2 amide bonds. The molecule has 1 aromatic rings. The molecule has 0 fully saturated rings. The average molecular weight is 313 g/mol. The van der Waals surface area contributed by atoms with Crippen molar-refractivity contribution >= 4 is 34.3 Å². The van der Waals surface area contributed by atoms with Crippen molar-refractivity contribution in [2.24, 2.45) is 5.41 Å². The summed E-state index contributed by atoms with van der Waals surface area (Å²) in [7, 11) is 0. The maximum atomic E-state index is 11.8. The lowest BCUT2D eigenvalue weighted by Gasteiger charge is -2.17. The normalized spacial score (nSPS) is 11.0. The molecule has 116 valence electrons. The molecule has 21 heavy (non-hydrogen) atoms. The van der Waals surface area contributed by atoms with E-state index in [2.05, 4.69) is 15.0 Å². The van der Waals surface area contributed by atoms with E-state index >= 15 is 0 Å². The van der Waals surface area contributed by atoms with Crippen molar-refractivity contribution in [2.45, 2.75) is 34.1 Å². The summed E-state index contributed by atoms with van der Waals surface area (Å²) in [6, 6.07) is 0. The quantitative estimate of drug-likeness (QED) is 0.766. The fourth-order valence-corrected chi connectivity index (χ4v) is 2.26. The van der Waals surface area contributed by atoms with E-state index in [-0.39, 0.29) is 35.3 Å². The second kappa shape index (κ2) is 6.66. The lowest BCUT2D eigenvalue weighted by Crippen LogP contribution is -2.36. The zero-order valence-electron chi connectivity index (χ0n) is 12.4. The Morgan fingerprint density at radius 3 is 2.43 bits per heavy atom. The Labute approximate surface area is 126 Å². The Balaban J connectivity index is 2.52. The molecule has 0 aliphatic rings. The molecule has 8 heteroatoms. The zero-order valence-corrected chi connectivity index (χ0v) is 13.3. The first kappa shape index (κ1) is 17.1. The maximum Gasteiger partial charge on any atom is 0.340 e. The third kappa shape index (κ3) is 4.82. The highest BCUT2D eigenvalue weighted by molar-refractivity contribution is 7.11. The van der Waals surface area contributed by atoms with Crippen LogP contribution < -0.4 is 10.6 Å². The summed E-state index contributed by atoms with van der Waals surface area (Å²) in [4.78, 5) is 34.4. The van der Waals surface area contributed by atoms with E-state index in [1.165, 1.54) is 0 Å². The molecule has 0 aliphatic heterocycles. The molecular formula is C13H19N3O4S. The molecule has 0 saturated carbocycles. The number of carbonyl (C=O) groups is 3. The molecule has 0 radical (unpaired) electrons. The third-order valence-electron chi connectivity index (χ3n) is 2.65. The van der Waals surface area contributed by atoms with Gasteiger partial charge in [0.05, 0.1) is 5.69 Å². The van der Waals surface area contributed by atoms with E-state index in [4.69, 9.17) is 5.11 Å². The number of nitrogens with zero attached hydrogens (tertiary/aromatic N) is 1. The number of aryl methyl sites for hydroxylation is 1. The number of carbonyl (C=O) groups excluding carboxylic acids is 2. The van der Waals surface area contributed by atoms with Gasteiger partial charge in [0.1, 0.15) is 10.6 Å². The minimum Gasteiger partial charge on any atom is -0.478 e. The SMILES string of the molecule is Cc1nsc(NC(=O)CCNC(=O)C(C)(C)C)c1C(=O)O. The summed E-state index contributed by atoms with van der Waals surface area (Å²) in [5.74, 6) is -1.64. The van der Waals surface area contributed by atoms with Crippen molar-refractivity contribution < 1.29 is 19.5 Å². The molecular weight excluding hydrogens is 294 g/mol. The van der Waals surface area contributed by atoms with Crippen molar-refractivity contribution in [1.82, 2.24) is 9.69 Å². The number of aromatic nitrogens is 1. The molecule has 0 atom stereocenters. The summed E-state index contributed by atoms with van der Waals surface area (Å²) < 4.78 is 3.91. The summed E-state index contributed by atoms with van der Waals surface area (Å²) in [6.45, 7) is 7.10. The van der Waals surface area contributed by atoms with E-state index in [0.717, 1.165) is 11.5 Å². The summed E-state index contributed by atoms with van der Waals surface area (Å²) in [5, 5.41) is 14.4. The van der Waals surface area contributed by atoms with Gasteiger partial charge in [-0.3, -0.25) is 9.59 Å². The van der Waals surface area contributed by atoms with Crippen LogP contribution in [0.1, 0.15) is 43.2 Å². The molecule has 0 aromatic carbocycles. The third-order valence-corrected chi connectivity index (χ3v) is 3.50. The van der Waals surface area contributed by atoms with Gasteiger partial charge in [0.25, 0.3) is 0 Å². The van der Waals surface area contributed by atoms with E-state index in [1.807, 2.05) is 0 Å². The molecule has 0 saturated heterocycles. The van der Waals surface area contributed by atoms with Gasteiger partial charge in [0.2, 0.25) is 11.8 Å². The van der Waals surface area contributed by atoms with Gasteiger partial charge in [-0.05, 0) is 18.5 Å². The highest BCUT2D eigenvalue weighted by atomic mass is 32.1. The van der Waals surface area contributed by atoms with Crippen molar-refractivity contribution in [1.29, 1.82) is 0 Å². The molecule has 0 spiro atoms. The number of rotatable bonds is 5.